The van der Waals surface area contributed by atoms with Gasteiger partial charge < -0.3 is 10.1 Å². The molecule has 9 nitrogen and oxygen atoms in total. The molecule has 1 amide bonds. The number of rotatable bonds is 8. The first-order chi connectivity index (χ1) is 12.9. The zero-order chi connectivity index (χ0) is 19.9. The van der Waals surface area contributed by atoms with Gasteiger partial charge in [-0.25, -0.2) is 18.2 Å². The fraction of sp³-hybridized carbons (Fsp3) is 0.294. The van der Waals surface area contributed by atoms with Gasteiger partial charge in [-0.1, -0.05) is 13.8 Å². The van der Waals surface area contributed by atoms with E-state index in [2.05, 4.69) is 15.3 Å². The molecular formula is C17H20N4O5S. The van der Waals surface area contributed by atoms with Crippen molar-refractivity contribution < 1.29 is 22.7 Å². The van der Waals surface area contributed by atoms with Crippen LogP contribution < -0.4 is 5.32 Å². The summed E-state index contributed by atoms with van der Waals surface area (Å²) < 4.78 is 31.0. The summed E-state index contributed by atoms with van der Waals surface area (Å²) in [6.07, 6.45) is 3.98. The van der Waals surface area contributed by atoms with Crippen LogP contribution in [0, 0.1) is 0 Å². The molecule has 27 heavy (non-hydrogen) atoms. The second kappa shape index (κ2) is 9.19. The first-order valence-corrected chi connectivity index (χ1v) is 9.65. The molecule has 0 bridgehead atoms. The molecule has 1 aromatic carbocycles. The largest absolute Gasteiger partial charge is 0.451 e. The Kier molecular flexibility index (Phi) is 6.97. The number of carbonyl (C=O) groups is 2. The molecular weight excluding hydrogens is 372 g/mol. The van der Waals surface area contributed by atoms with Crippen molar-refractivity contribution in [2.75, 3.05) is 25.0 Å². The van der Waals surface area contributed by atoms with Crippen molar-refractivity contribution in [3.05, 3.63) is 48.5 Å². The number of sulfonamides is 1. The molecule has 2 aromatic rings. The Balaban J connectivity index is 1.94. The van der Waals surface area contributed by atoms with E-state index in [1.165, 1.54) is 47.2 Å². The Hall–Kier alpha value is -2.85. The summed E-state index contributed by atoms with van der Waals surface area (Å²) in [7, 11) is -3.56. The topological polar surface area (TPSA) is 119 Å². The second-order valence-electron chi connectivity index (χ2n) is 5.33. The number of nitrogens with zero attached hydrogens (tertiary/aromatic N) is 3. The zero-order valence-corrected chi connectivity index (χ0v) is 15.8. The van der Waals surface area contributed by atoms with Crippen molar-refractivity contribution in [3.8, 4) is 0 Å². The highest BCUT2D eigenvalue weighted by Crippen LogP contribution is 2.18. The van der Waals surface area contributed by atoms with Gasteiger partial charge in [-0.2, -0.15) is 4.31 Å². The summed E-state index contributed by atoms with van der Waals surface area (Å²) in [6, 6.07) is 5.77. The Labute approximate surface area is 157 Å². The number of esters is 1. The summed E-state index contributed by atoms with van der Waals surface area (Å²) >= 11 is 0. The van der Waals surface area contributed by atoms with Gasteiger partial charge in [0.15, 0.2) is 12.3 Å². The van der Waals surface area contributed by atoms with Gasteiger partial charge >= 0.3 is 5.97 Å². The molecule has 0 unspecified atom stereocenters. The molecule has 1 aromatic heterocycles. The third-order valence-electron chi connectivity index (χ3n) is 3.59. The van der Waals surface area contributed by atoms with Crippen LogP contribution in [0.1, 0.15) is 24.3 Å². The van der Waals surface area contributed by atoms with Gasteiger partial charge in [0.1, 0.15) is 0 Å². The Morgan fingerprint density at radius 2 is 1.78 bits per heavy atom. The lowest BCUT2D eigenvalue weighted by Crippen LogP contribution is -2.30. The molecule has 1 N–H and O–H groups in total. The van der Waals surface area contributed by atoms with Crippen molar-refractivity contribution >= 4 is 27.6 Å². The van der Waals surface area contributed by atoms with Gasteiger partial charge in [0.05, 0.1) is 11.1 Å². The maximum atomic E-state index is 12.4. The van der Waals surface area contributed by atoms with Crippen molar-refractivity contribution in [2.24, 2.45) is 0 Å². The molecule has 10 heteroatoms. The molecule has 2 rings (SSSR count). The van der Waals surface area contributed by atoms with E-state index in [0.717, 1.165) is 0 Å². The van der Waals surface area contributed by atoms with Crippen LogP contribution in [0.3, 0.4) is 0 Å². The summed E-state index contributed by atoms with van der Waals surface area (Å²) in [5, 5.41) is 2.52. The highest BCUT2D eigenvalue weighted by atomic mass is 32.2. The number of carbonyl (C=O) groups excluding carboxylic acids is 2. The van der Waals surface area contributed by atoms with Crippen LogP contribution >= 0.6 is 0 Å². The first kappa shape index (κ1) is 20.5. The van der Waals surface area contributed by atoms with Gasteiger partial charge in [-0.3, -0.25) is 9.78 Å². The Morgan fingerprint density at radius 3 is 2.33 bits per heavy atom. The lowest BCUT2D eigenvalue weighted by molar-refractivity contribution is -0.119. The molecule has 0 aliphatic rings. The predicted octanol–water partition coefficient (Wildman–Crippen LogP) is 1.30. The Bertz CT molecular complexity index is 881. The fourth-order valence-corrected chi connectivity index (χ4v) is 3.69. The number of hydrogen-bond acceptors (Lipinski definition) is 7. The van der Waals surface area contributed by atoms with Crippen molar-refractivity contribution in [1.29, 1.82) is 0 Å². The molecule has 0 saturated carbocycles. The fourth-order valence-electron chi connectivity index (χ4n) is 2.23. The molecule has 0 spiro atoms. The quantitative estimate of drug-likeness (QED) is 0.673. The molecule has 0 atom stereocenters. The third kappa shape index (κ3) is 5.31. The molecule has 144 valence electrons. The number of amides is 1. The van der Waals surface area contributed by atoms with E-state index >= 15 is 0 Å². The van der Waals surface area contributed by atoms with Gasteiger partial charge in [0.2, 0.25) is 10.0 Å². The molecule has 0 aliphatic carbocycles. The van der Waals surface area contributed by atoms with E-state index in [-0.39, 0.29) is 10.6 Å². The maximum Gasteiger partial charge on any atom is 0.359 e. The highest BCUT2D eigenvalue weighted by Gasteiger charge is 2.21. The van der Waals surface area contributed by atoms with Gasteiger partial charge in [0, 0.05) is 31.2 Å². The molecule has 0 saturated heterocycles. The minimum atomic E-state index is -3.56. The van der Waals surface area contributed by atoms with Crippen LogP contribution in [-0.2, 0) is 19.6 Å². The van der Waals surface area contributed by atoms with Crippen LogP contribution in [0.2, 0.25) is 0 Å². The van der Waals surface area contributed by atoms with Gasteiger partial charge in [-0.15, -0.1) is 0 Å². The summed E-state index contributed by atoms with van der Waals surface area (Å²) in [5.74, 6) is -1.33. The average Bonchev–Trinajstić information content (AvgIpc) is 2.68. The standard InChI is InChI=1S/C17H20N4O5S/c1-3-21(4-2)27(24,25)14-7-5-13(6-8-14)20-16(22)12-26-17(23)15-11-18-9-10-19-15/h5-11H,3-4,12H2,1-2H3,(H,20,22). The van der Waals surface area contributed by atoms with Crippen molar-refractivity contribution in [3.63, 3.8) is 0 Å². The molecule has 1 heterocycles. The third-order valence-corrected chi connectivity index (χ3v) is 5.65. The summed E-state index contributed by atoms with van der Waals surface area (Å²) in [6.45, 7) is 3.76. The smallest absolute Gasteiger partial charge is 0.359 e. The second-order valence-corrected chi connectivity index (χ2v) is 7.27. The highest BCUT2D eigenvalue weighted by molar-refractivity contribution is 7.89. The SMILES string of the molecule is CCN(CC)S(=O)(=O)c1ccc(NC(=O)COC(=O)c2cnccn2)cc1. The number of aromatic nitrogens is 2. The normalized spacial score (nSPS) is 11.2. The molecule has 0 radical (unpaired) electrons. The maximum absolute atomic E-state index is 12.4. The van der Waals surface area contributed by atoms with E-state index < -0.39 is 28.5 Å². The summed E-state index contributed by atoms with van der Waals surface area (Å²) in [5.41, 5.74) is 0.380. The van der Waals surface area contributed by atoms with Crippen LogP contribution in [0.5, 0.6) is 0 Å². The van der Waals surface area contributed by atoms with E-state index in [9.17, 15) is 18.0 Å². The van der Waals surface area contributed by atoms with E-state index in [0.29, 0.717) is 18.8 Å². The van der Waals surface area contributed by atoms with Crippen molar-refractivity contribution in [2.45, 2.75) is 18.7 Å². The van der Waals surface area contributed by atoms with Gasteiger partial charge in [0.25, 0.3) is 5.91 Å². The van der Waals surface area contributed by atoms with Crippen molar-refractivity contribution in [1.82, 2.24) is 14.3 Å². The van der Waals surface area contributed by atoms with Crippen LogP contribution in [-0.4, -0.2) is 54.3 Å². The van der Waals surface area contributed by atoms with Crippen LogP contribution in [0.25, 0.3) is 0 Å². The minimum absolute atomic E-state index is 0.00346. The predicted molar refractivity (Wildman–Crippen MR) is 97.5 cm³/mol. The van der Waals surface area contributed by atoms with Crippen LogP contribution in [0.4, 0.5) is 5.69 Å². The molecule has 0 fully saturated rings. The first-order valence-electron chi connectivity index (χ1n) is 8.21. The monoisotopic (exact) mass is 392 g/mol. The van der Waals surface area contributed by atoms with E-state index in [1.807, 2.05) is 0 Å². The van der Waals surface area contributed by atoms with E-state index in [1.54, 1.807) is 13.8 Å². The van der Waals surface area contributed by atoms with Gasteiger partial charge in [-0.05, 0) is 24.3 Å². The number of nitrogens with one attached hydrogen (secondary N) is 1. The Morgan fingerprint density at radius 1 is 1.11 bits per heavy atom. The summed E-state index contributed by atoms with van der Waals surface area (Å²) in [4.78, 5) is 31.2. The number of ether oxygens (including phenoxy) is 1. The average molecular weight is 392 g/mol. The number of benzene rings is 1. The zero-order valence-electron chi connectivity index (χ0n) is 15.0. The minimum Gasteiger partial charge on any atom is -0.451 e. The number of anilines is 1. The van der Waals surface area contributed by atoms with E-state index in [4.69, 9.17) is 4.74 Å². The lowest BCUT2D eigenvalue weighted by Gasteiger charge is -2.18. The lowest BCUT2D eigenvalue weighted by atomic mass is 10.3. The molecule has 0 aliphatic heterocycles. The van der Waals surface area contributed by atoms with Crippen LogP contribution in [0.15, 0.2) is 47.8 Å². The number of hydrogen-bond donors (Lipinski definition) is 1.